The summed E-state index contributed by atoms with van der Waals surface area (Å²) in [5.41, 5.74) is 1.60. The molecule has 0 saturated heterocycles. The van der Waals surface area contributed by atoms with Gasteiger partial charge in [0.15, 0.2) is 11.5 Å². The number of ether oxygens (including phenoxy) is 3. The lowest BCUT2D eigenvalue weighted by Gasteiger charge is -2.14. The predicted molar refractivity (Wildman–Crippen MR) is 82.9 cm³/mol. The normalized spacial score (nSPS) is 11.1. The second-order valence-corrected chi connectivity index (χ2v) is 6.04. The Kier molecular flexibility index (Phi) is 4.58. The van der Waals surface area contributed by atoms with Crippen LogP contribution in [0.15, 0.2) is 41.3 Å². The highest BCUT2D eigenvalue weighted by molar-refractivity contribution is 7.89. The molecular weight excluding hydrogens is 306 g/mol. The number of methoxy groups -OCH3 is 3. The van der Waals surface area contributed by atoms with Gasteiger partial charge in [0.25, 0.3) is 0 Å². The molecule has 0 amide bonds. The van der Waals surface area contributed by atoms with E-state index >= 15 is 0 Å². The van der Waals surface area contributed by atoms with Crippen LogP contribution in [0.3, 0.4) is 0 Å². The van der Waals surface area contributed by atoms with E-state index in [1.54, 1.807) is 24.3 Å². The molecule has 0 fully saturated rings. The van der Waals surface area contributed by atoms with Crippen LogP contribution in [0.4, 0.5) is 0 Å². The molecule has 0 heterocycles. The fourth-order valence-corrected chi connectivity index (χ4v) is 2.60. The zero-order chi connectivity index (χ0) is 16.3. The minimum atomic E-state index is -3.71. The smallest absolute Gasteiger partial charge is 0.238 e. The van der Waals surface area contributed by atoms with Gasteiger partial charge in [-0.3, -0.25) is 0 Å². The molecule has 0 radical (unpaired) electrons. The Morgan fingerprint density at radius 2 is 1.32 bits per heavy atom. The molecule has 0 atom stereocenters. The SMILES string of the molecule is COc1cc(-c2ccc(S(N)(=O)=O)cc2)cc(OC)c1OC. The van der Waals surface area contributed by atoms with Crippen molar-refractivity contribution in [2.75, 3.05) is 21.3 Å². The monoisotopic (exact) mass is 323 g/mol. The molecule has 22 heavy (non-hydrogen) atoms. The van der Waals surface area contributed by atoms with E-state index in [2.05, 4.69) is 0 Å². The summed E-state index contributed by atoms with van der Waals surface area (Å²) in [6.45, 7) is 0. The number of nitrogens with two attached hydrogens (primary N) is 1. The van der Waals surface area contributed by atoms with Crippen LogP contribution in [0, 0.1) is 0 Å². The van der Waals surface area contributed by atoms with Gasteiger partial charge in [-0.05, 0) is 35.4 Å². The molecule has 0 bridgehead atoms. The van der Waals surface area contributed by atoms with Crippen molar-refractivity contribution in [2.24, 2.45) is 5.14 Å². The molecule has 2 aromatic rings. The molecule has 7 heteroatoms. The van der Waals surface area contributed by atoms with Gasteiger partial charge in [-0.1, -0.05) is 12.1 Å². The number of sulfonamides is 1. The Bertz CT molecular complexity index is 744. The maximum Gasteiger partial charge on any atom is 0.238 e. The van der Waals surface area contributed by atoms with Crippen molar-refractivity contribution < 1.29 is 22.6 Å². The van der Waals surface area contributed by atoms with Crippen LogP contribution in [0.25, 0.3) is 11.1 Å². The van der Waals surface area contributed by atoms with Crippen molar-refractivity contribution in [2.45, 2.75) is 4.90 Å². The summed E-state index contributed by atoms with van der Waals surface area (Å²) in [7, 11) is 0.887. The highest BCUT2D eigenvalue weighted by Crippen LogP contribution is 2.41. The molecule has 0 aliphatic carbocycles. The number of hydrogen-bond donors (Lipinski definition) is 1. The summed E-state index contributed by atoms with van der Waals surface area (Å²) < 4.78 is 38.4. The van der Waals surface area contributed by atoms with Crippen molar-refractivity contribution >= 4 is 10.0 Å². The highest BCUT2D eigenvalue weighted by Gasteiger charge is 2.14. The number of rotatable bonds is 5. The maximum absolute atomic E-state index is 11.3. The van der Waals surface area contributed by atoms with Crippen molar-refractivity contribution in [3.05, 3.63) is 36.4 Å². The van der Waals surface area contributed by atoms with Crippen molar-refractivity contribution in [3.8, 4) is 28.4 Å². The third-order valence-electron chi connectivity index (χ3n) is 3.18. The van der Waals surface area contributed by atoms with Crippen molar-refractivity contribution in [1.29, 1.82) is 0 Å². The molecule has 0 aliphatic heterocycles. The van der Waals surface area contributed by atoms with Gasteiger partial charge in [0.1, 0.15) is 0 Å². The molecule has 2 rings (SSSR count). The Labute approximate surface area is 129 Å². The van der Waals surface area contributed by atoms with Crippen LogP contribution in [0.5, 0.6) is 17.2 Å². The van der Waals surface area contributed by atoms with Crippen molar-refractivity contribution in [1.82, 2.24) is 0 Å². The van der Waals surface area contributed by atoms with Gasteiger partial charge < -0.3 is 14.2 Å². The van der Waals surface area contributed by atoms with Crippen LogP contribution in [-0.4, -0.2) is 29.7 Å². The number of primary sulfonamides is 1. The highest BCUT2D eigenvalue weighted by atomic mass is 32.2. The first kappa shape index (κ1) is 16.1. The Morgan fingerprint density at radius 1 is 0.818 bits per heavy atom. The fourth-order valence-electron chi connectivity index (χ4n) is 2.08. The first-order valence-electron chi connectivity index (χ1n) is 6.34. The first-order chi connectivity index (χ1) is 10.4. The van der Waals surface area contributed by atoms with Gasteiger partial charge in [-0.2, -0.15) is 0 Å². The lowest BCUT2D eigenvalue weighted by molar-refractivity contribution is 0.324. The van der Waals surface area contributed by atoms with E-state index in [0.717, 1.165) is 11.1 Å². The van der Waals surface area contributed by atoms with Gasteiger partial charge in [-0.25, -0.2) is 13.6 Å². The minimum absolute atomic E-state index is 0.0590. The molecule has 6 nitrogen and oxygen atoms in total. The molecule has 0 aromatic heterocycles. The van der Waals surface area contributed by atoms with Crippen LogP contribution >= 0.6 is 0 Å². The third kappa shape index (κ3) is 3.15. The summed E-state index contributed by atoms with van der Waals surface area (Å²) in [6.07, 6.45) is 0. The van der Waals surface area contributed by atoms with Crippen LogP contribution in [0.1, 0.15) is 0 Å². The van der Waals surface area contributed by atoms with Crippen LogP contribution in [-0.2, 0) is 10.0 Å². The Hall–Kier alpha value is -2.25. The van der Waals surface area contributed by atoms with Gasteiger partial charge in [-0.15, -0.1) is 0 Å². The molecule has 0 saturated carbocycles. The number of benzene rings is 2. The van der Waals surface area contributed by atoms with Crippen molar-refractivity contribution in [3.63, 3.8) is 0 Å². The van der Waals surface area contributed by atoms with E-state index in [-0.39, 0.29) is 4.90 Å². The summed E-state index contributed by atoms with van der Waals surface area (Å²) in [5, 5.41) is 5.09. The van der Waals surface area contributed by atoms with E-state index in [1.807, 2.05) is 0 Å². The quantitative estimate of drug-likeness (QED) is 0.909. The molecule has 118 valence electrons. The topological polar surface area (TPSA) is 87.9 Å². The summed E-state index contributed by atoms with van der Waals surface area (Å²) in [5.74, 6) is 1.54. The molecule has 0 aliphatic rings. The van der Waals surface area contributed by atoms with Gasteiger partial charge in [0.05, 0.1) is 26.2 Å². The Morgan fingerprint density at radius 3 is 1.68 bits per heavy atom. The van der Waals surface area contributed by atoms with Gasteiger partial charge in [0, 0.05) is 0 Å². The summed E-state index contributed by atoms with van der Waals surface area (Å²) in [6, 6.07) is 9.81. The fraction of sp³-hybridized carbons (Fsp3) is 0.200. The van der Waals surface area contributed by atoms with E-state index in [0.29, 0.717) is 17.2 Å². The standard InChI is InChI=1S/C15H17NO5S/c1-19-13-8-11(9-14(20-2)15(13)21-3)10-4-6-12(7-5-10)22(16,17)18/h4-9H,1-3H3,(H2,16,17,18). The van der Waals surface area contributed by atoms with E-state index in [4.69, 9.17) is 19.3 Å². The van der Waals surface area contributed by atoms with Crippen LogP contribution < -0.4 is 19.3 Å². The molecule has 0 spiro atoms. The average molecular weight is 323 g/mol. The molecular formula is C15H17NO5S. The Balaban J connectivity index is 2.53. The average Bonchev–Trinajstić information content (AvgIpc) is 2.52. The maximum atomic E-state index is 11.3. The van der Waals surface area contributed by atoms with Gasteiger partial charge >= 0.3 is 0 Å². The molecule has 0 unspecified atom stereocenters. The second-order valence-electron chi connectivity index (χ2n) is 4.48. The lowest BCUT2D eigenvalue weighted by atomic mass is 10.0. The second kappa shape index (κ2) is 6.25. The molecule has 2 aromatic carbocycles. The zero-order valence-corrected chi connectivity index (χ0v) is 13.3. The van der Waals surface area contributed by atoms with E-state index in [1.165, 1.54) is 33.5 Å². The third-order valence-corrected chi connectivity index (χ3v) is 4.11. The summed E-state index contributed by atoms with van der Waals surface area (Å²) in [4.78, 5) is 0.0590. The van der Waals surface area contributed by atoms with E-state index in [9.17, 15) is 8.42 Å². The van der Waals surface area contributed by atoms with Gasteiger partial charge in [0.2, 0.25) is 15.8 Å². The number of hydrogen-bond acceptors (Lipinski definition) is 5. The minimum Gasteiger partial charge on any atom is -0.493 e. The largest absolute Gasteiger partial charge is 0.493 e. The first-order valence-corrected chi connectivity index (χ1v) is 7.88. The predicted octanol–water partition coefficient (Wildman–Crippen LogP) is 2.03. The lowest BCUT2D eigenvalue weighted by Crippen LogP contribution is -2.11. The summed E-state index contributed by atoms with van der Waals surface area (Å²) >= 11 is 0. The van der Waals surface area contributed by atoms with Crippen LogP contribution in [0.2, 0.25) is 0 Å². The zero-order valence-electron chi connectivity index (χ0n) is 12.5. The van der Waals surface area contributed by atoms with E-state index < -0.39 is 10.0 Å². The molecule has 2 N–H and O–H groups in total.